The van der Waals surface area contributed by atoms with Gasteiger partial charge in [0.1, 0.15) is 0 Å². The molecule has 1 unspecified atom stereocenters. The minimum atomic E-state index is -0.607. The predicted octanol–water partition coefficient (Wildman–Crippen LogP) is 3.35. The maximum atomic E-state index is 12.2. The van der Waals surface area contributed by atoms with Crippen molar-refractivity contribution in [1.29, 1.82) is 0 Å². The van der Waals surface area contributed by atoms with Crippen LogP contribution in [-0.2, 0) is 9.53 Å². The van der Waals surface area contributed by atoms with Crippen LogP contribution in [0.2, 0.25) is 0 Å². The van der Waals surface area contributed by atoms with Gasteiger partial charge in [-0.2, -0.15) is 0 Å². The molecule has 0 radical (unpaired) electrons. The summed E-state index contributed by atoms with van der Waals surface area (Å²) >= 11 is 0. The van der Waals surface area contributed by atoms with Crippen LogP contribution in [0.25, 0.3) is 0 Å². The van der Waals surface area contributed by atoms with Crippen LogP contribution in [-0.4, -0.2) is 32.7 Å². The van der Waals surface area contributed by atoms with Gasteiger partial charge in [-0.3, -0.25) is 4.79 Å². The van der Waals surface area contributed by atoms with Gasteiger partial charge in [-0.1, -0.05) is 18.2 Å². The predicted molar refractivity (Wildman–Crippen MR) is 102 cm³/mol. The van der Waals surface area contributed by atoms with Crippen molar-refractivity contribution in [3.63, 3.8) is 0 Å². The van der Waals surface area contributed by atoms with Crippen molar-refractivity contribution < 1.29 is 23.8 Å². The number of carbonyl (C=O) groups is 2. The second-order valence-corrected chi connectivity index (χ2v) is 6.28. The van der Waals surface area contributed by atoms with Gasteiger partial charge in [0.05, 0.1) is 25.8 Å². The molecule has 2 aromatic carbocycles. The molecular formula is C21H25NO5. The molecule has 1 amide bonds. The molecule has 0 aliphatic heterocycles. The smallest absolute Gasteiger partial charge is 0.338 e. The lowest BCUT2D eigenvalue weighted by atomic mass is 10.0. The molecular weight excluding hydrogens is 346 g/mol. The van der Waals surface area contributed by atoms with Gasteiger partial charge in [0.25, 0.3) is 5.91 Å². The quantitative estimate of drug-likeness (QED) is 0.756. The Kier molecular flexibility index (Phi) is 6.82. The van der Waals surface area contributed by atoms with Crippen molar-refractivity contribution in [2.24, 2.45) is 0 Å². The second-order valence-electron chi connectivity index (χ2n) is 6.28. The molecule has 27 heavy (non-hydrogen) atoms. The number of ether oxygens (including phenoxy) is 3. The molecule has 2 aromatic rings. The van der Waals surface area contributed by atoms with Gasteiger partial charge in [-0.25, -0.2) is 4.79 Å². The highest BCUT2D eigenvalue weighted by molar-refractivity contribution is 5.92. The van der Waals surface area contributed by atoms with Crippen LogP contribution in [0.1, 0.15) is 40.0 Å². The van der Waals surface area contributed by atoms with Crippen LogP contribution >= 0.6 is 0 Å². The van der Waals surface area contributed by atoms with E-state index < -0.39 is 5.97 Å². The van der Waals surface area contributed by atoms with Crippen LogP contribution in [0.15, 0.2) is 36.4 Å². The summed E-state index contributed by atoms with van der Waals surface area (Å²) in [6, 6.07) is 10.5. The second kappa shape index (κ2) is 9.07. The third-order valence-electron chi connectivity index (χ3n) is 4.36. The Bertz CT molecular complexity index is 831. The summed E-state index contributed by atoms with van der Waals surface area (Å²) in [5.41, 5.74) is 3.63. The van der Waals surface area contributed by atoms with Crippen LogP contribution in [0.3, 0.4) is 0 Å². The van der Waals surface area contributed by atoms with Crippen LogP contribution < -0.4 is 14.8 Å². The minimum Gasteiger partial charge on any atom is -0.493 e. The first-order valence-corrected chi connectivity index (χ1v) is 8.61. The monoisotopic (exact) mass is 371 g/mol. The van der Waals surface area contributed by atoms with Crippen molar-refractivity contribution >= 4 is 11.9 Å². The normalized spacial score (nSPS) is 11.4. The summed E-state index contributed by atoms with van der Waals surface area (Å²) in [5.74, 6) is -0.0479. The molecule has 0 bridgehead atoms. The number of amides is 1. The van der Waals surface area contributed by atoms with Gasteiger partial charge in [0.2, 0.25) is 0 Å². The summed E-state index contributed by atoms with van der Waals surface area (Å²) in [5, 5.41) is 2.83. The summed E-state index contributed by atoms with van der Waals surface area (Å²) in [4.78, 5) is 24.3. The standard InChI is InChI=1S/C21H25NO5/c1-13-6-7-16(10-14(13)2)15(3)22-20(23)12-27-21(24)17-8-9-18(25-4)19(11-17)26-5/h6-11,15H,12H2,1-5H3,(H,22,23). The molecule has 2 rings (SSSR count). The minimum absolute atomic E-state index is 0.184. The molecule has 0 aromatic heterocycles. The molecule has 0 heterocycles. The van der Waals surface area contributed by atoms with Gasteiger partial charge in [-0.05, 0) is 55.7 Å². The number of nitrogens with one attached hydrogen (secondary N) is 1. The van der Waals surface area contributed by atoms with Gasteiger partial charge in [-0.15, -0.1) is 0 Å². The zero-order valence-corrected chi connectivity index (χ0v) is 16.3. The molecule has 0 aliphatic carbocycles. The lowest BCUT2D eigenvalue weighted by Gasteiger charge is -2.16. The van der Waals surface area contributed by atoms with Gasteiger partial charge in [0, 0.05) is 0 Å². The third-order valence-corrected chi connectivity index (χ3v) is 4.36. The number of esters is 1. The Balaban J connectivity index is 1.92. The zero-order valence-electron chi connectivity index (χ0n) is 16.3. The Hall–Kier alpha value is -3.02. The average molecular weight is 371 g/mol. The number of methoxy groups -OCH3 is 2. The zero-order chi connectivity index (χ0) is 20.0. The number of hydrogen-bond acceptors (Lipinski definition) is 5. The Morgan fingerprint density at radius 2 is 1.67 bits per heavy atom. The molecule has 0 spiro atoms. The van der Waals surface area contributed by atoms with Crippen LogP contribution in [0.5, 0.6) is 11.5 Å². The van der Waals surface area contributed by atoms with Gasteiger partial charge < -0.3 is 19.5 Å². The first kappa shape index (κ1) is 20.3. The summed E-state index contributed by atoms with van der Waals surface area (Å²) in [6.45, 7) is 5.59. The van der Waals surface area contributed by atoms with E-state index in [1.807, 2.05) is 39.0 Å². The number of carbonyl (C=O) groups excluding carboxylic acids is 2. The average Bonchev–Trinajstić information content (AvgIpc) is 2.67. The Labute approximate surface area is 159 Å². The van der Waals surface area contributed by atoms with Gasteiger partial charge >= 0.3 is 5.97 Å². The van der Waals surface area contributed by atoms with E-state index in [9.17, 15) is 9.59 Å². The lowest BCUT2D eigenvalue weighted by molar-refractivity contribution is -0.124. The molecule has 0 saturated heterocycles. The molecule has 6 heteroatoms. The highest BCUT2D eigenvalue weighted by Gasteiger charge is 2.15. The van der Waals surface area contributed by atoms with E-state index in [4.69, 9.17) is 14.2 Å². The van der Waals surface area contributed by atoms with E-state index in [-0.39, 0.29) is 24.1 Å². The van der Waals surface area contributed by atoms with Crippen LogP contribution in [0.4, 0.5) is 0 Å². The first-order chi connectivity index (χ1) is 12.8. The highest BCUT2D eigenvalue weighted by Crippen LogP contribution is 2.27. The largest absolute Gasteiger partial charge is 0.493 e. The Morgan fingerprint density at radius 1 is 0.963 bits per heavy atom. The first-order valence-electron chi connectivity index (χ1n) is 8.61. The van der Waals surface area contributed by atoms with Crippen molar-refractivity contribution in [2.45, 2.75) is 26.8 Å². The molecule has 144 valence electrons. The molecule has 0 aliphatic rings. The van der Waals surface area contributed by atoms with E-state index in [0.717, 1.165) is 11.1 Å². The summed E-state index contributed by atoms with van der Waals surface area (Å²) < 4.78 is 15.4. The van der Waals surface area contributed by atoms with Crippen molar-refractivity contribution in [3.05, 3.63) is 58.7 Å². The number of benzene rings is 2. The van der Waals surface area contributed by atoms with Crippen molar-refractivity contribution in [2.75, 3.05) is 20.8 Å². The Morgan fingerprint density at radius 3 is 2.30 bits per heavy atom. The molecule has 6 nitrogen and oxygen atoms in total. The maximum Gasteiger partial charge on any atom is 0.338 e. The summed E-state index contributed by atoms with van der Waals surface area (Å²) in [7, 11) is 2.99. The van der Waals surface area contributed by atoms with E-state index >= 15 is 0 Å². The van der Waals surface area contributed by atoms with Gasteiger partial charge in [0.15, 0.2) is 18.1 Å². The fraction of sp³-hybridized carbons (Fsp3) is 0.333. The number of hydrogen-bond donors (Lipinski definition) is 1. The fourth-order valence-electron chi connectivity index (χ4n) is 2.58. The number of rotatable bonds is 7. The van der Waals surface area contributed by atoms with E-state index in [2.05, 4.69) is 5.32 Å². The lowest BCUT2D eigenvalue weighted by Crippen LogP contribution is -2.31. The molecule has 1 atom stereocenters. The molecule has 0 fully saturated rings. The number of aryl methyl sites for hydroxylation is 2. The molecule has 1 N–H and O–H groups in total. The van der Waals surface area contributed by atoms with E-state index in [0.29, 0.717) is 11.5 Å². The highest BCUT2D eigenvalue weighted by atomic mass is 16.5. The van der Waals surface area contributed by atoms with Crippen LogP contribution in [0, 0.1) is 13.8 Å². The van der Waals surface area contributed by atoms with Crippen molar-refractivity contribution in [3.8, 4) is 11.5 Å². The SMILES string of the molecule is COc1ccc(C(=O)OCC(=O)NC(C)c2ccc(C)c(C)c2)cc1OC. The van der Waals surface area contributed by atoms with E-state index in [1.165, 1.54) is 25.8 Å². The van der Waals surface area contributed by atoms with Crippen molar-refractivity contribution in [1.82, 2.24) is 5.32 Å². The topological polar surface area (TPSA) is 73.9 Å². The summed E-state index contributed by atoms with van der Waals surface area (Å²) in [6.07, 6.45) is 0. The maximum absolute atomic E-state index is 12.2. The fourth-order valence-corrected chi connectivity index (χ4v) is 2.58. The third kappa shape index (κ3) is 5.23. The molecule has 0 saturated carbocycles. The van der Waals surface area contributed by atoms with E-state index in [1.54, 1.807) is 12.1 Å².